The number of benzene rings is 1. The molecule has 6 nitrogen and oxygen atoms in total. The number of para-hydroxylation sites is 1. The molecular weight excluding hydrogens is 360 g/mol. The lowest BCUT2D eigenvalue weighted by Gasteiger charge is -2.38. The minimum Gasteiger partial charge on any atom is -0.622 e. The van der Waals surface area contributed by atoms with E-state index in [1.807, 2.05) is 61.7 Å². The molecule has 142 valence electrons. The standard InChI is InChI=1S/C20H24N4O2S/c1-19(2)18(16-11-8-14-27-16)23(25)20(24(19)26)13-7-6-12-17(20)22-21-15-9-4-3-5-10-15/h3-5,8-11,14,21,26H,6-7,12-13H2,1-2H3/b22-17+. The molecule has 2 N–H and O–H groups in total. The van der Waals surface area contributed by atoms with Gasteiger partial charge in [-0.1, -0.05) is 24.3 Å². The summed E-state index contributed by atoms with van der Waals surface area (Å²) in [7, 11) is 0. The topological polar surface area (TPSA) is 73.9 Å². The van der Waals surface area contributed by atoms with Crippen molar-refractivity contribution >= 4 is 28.4 Å². The third kappa shape index (κ3) is 2.77. The van der Waals surface area contributed by atoms with Gasteiger partial charge in [0.1, 0.15) is 11.3 Å². The number of nitrogens with one attached hydrogen (secondary N) is 1. The summed E-state index contributed by atoms with van der Waals surface area (Å²) >= 11 is 1.52. The van der Waals surface area contributed by atoms with E-state index >= 15 is 0 Å². The van der Waals surface area contributed by atoms with Gasteiger partial charge in [0, 0.05) is 6.42 Å². The molecule has 1 aromatic carbocycles. The molecule has 1 atom stereocenters. The Kier molecular flexibility index (Phi) is 4.53. The summed E-state index contributed by atoms with van der Waals surface area (Å²) < 4.78 is 1.00. The maximum atomic E-state index is 13.6. The molecule has 1 unspecified atom stereocenters. The van der Waals surface area contributed by atoms with Crippen LogP contribution in [0.5, 0.6) is 0 Å². The van der Waals surface area contributed by atoms with Crippen LogP contribution in [0.2, 0.25) is 0 Å². The van der Waals surface area contributed by atoms with Crippen LogP contribution in [0.1, 0.15) is 44.4 Å². The quantitative estimate of drug-likeness (QED) is 0.471. The van der Waals surface area contributed by atoms with Crippen LogP contribution in [0.25, 0.3) is 0 Å². The lowest BCUT2D eigenvalue weighted by molar-refractivity contribution is -0.568. The van der Waals surface area contributed by atoms with Gasteiger partial charge in [-0.25, -0.2) is 0 Å². The molecule has 0 bridgehead atoms. The first-order valence-corrected chi connectivity index (χ1v) is 10.1. The summed E-state index contributed by atoms with van der Waals surface area (Å²) in [6, 6.07) is 13.5. The highest BCUT2D eigenvalue weighted by molar-refractivity contribution is 7.12. The average molecular weight is 385 g/mol. The van der Waals surface area contributed by atoms with Gasteiger partial charge in [-0.15, -0.1) is 16.4 Å². The van der Waals surface area contributed by atoms with Crippen LogP contribution in [0.3, 0.4) is 0 Å². The Hall–Kier alpha value is -2.22. The zero-order valence-electron chi connectivity index (χ0n) is 15.6. The highest BCUT2D eigenvalue weighted by Crippen LogP contribution is 2.43. The maximum Gasteiger partial charge on any atom is 0.292 e. The van der Waals surface area contributed by atoms with Crippen molar-refractivity contribution in [3.8, 4) is 0 Å². The van der Waals surface area contributed by atoms with Crippen molar-refractivity contribution in [1.29, 1.82) is 0 Å². The zero-order valence-corrected chi connectivity index (χ0v) is 16.4. The summed E-state index contributed by atoms with van der Waals surface area (Å²) in [5.74, 6) is 0. The largest absolute Gasteiger partial charge is 0.622 e. The molecule has 1 spiro atoms. The highest BCUT2D eigenvalue weighted by Gasteiger charge is 2.65. The van der Waals surface area contributed by atoms with Crippen molar-refractivity contribution in [3.63, 3.8) is 0 Å². The number of nitrogens with zero attached hydrogens (tertiary/aromatic N) is 3. The first-order chi connectivity index (χ1) is 13.0. The second-order valence-electron chi connectivity index (χ2n) is 7.55. The molecule has 0 amide bonds. The van der Waals surface area contributed by atoms with Gasteiger partial charge < -0.3 is 10.4 Å². The second kappa shape index (κ2) is 6.74. The molecule has 0 radical (unpaired) electrons. The molecule has 2 aromatic rings. The van der Waals surface area contributed by atoms with E-state index in [1.165, 1.54) is 16.4 Å². The Bertz CT molecular complexity index is 877. The molecular formula is C20H24N4O2S. The van der Waals surface area contributed by atoms with Gasteiger partial charge >= 0.3 is 0 Å². The second-order valence-corrected chi connectivity index (χ2v) is 8.50. The number of hydrogen-bond acceptors (Lipinski definition) is 6. The van der Waals surface area contributed by atoms with Gasteiger partial charge in [-0.05, 0) is 56.7 Å². The Labute approximate surface area is 163 Å². The molecule has 1 fully saturated rings. The lowest BCUT2D eigenvalue weighted by atomic mass is 9.86. The Morgan fingerprint density at radius 1 is 1.19 bits per heavy atom. The van der Waals surface area contributed by atoms with E-state index in [4.69, 9.17) is 0 Å². The monoisotopic (exact) mass is 384 g/mol. The van der Waals surface area contributed by atoms with E-state index in [-0.39, 0.29) is 0 Å². The van der Waals surface area contributed by atoms with Crippen molar-refractivity contribution in [2.75, 3.05) is 5.43 Å². The average Bonchev–Trinajstić information content (AvgIpc) is 3.24. The number of hydroxylamine groups is 3. The van der Waals surface area contributed by atoms with Crippen LogP contribution in [-0.4, -0.2) is 37.6 Å². The summed E-state index contributed by atoms with van der Waals surface area (Å²) in [5.41, 5.74) is 3.21. The molecule has 27 heavy (non-hydrogen) atoms. The zero-order chi connectivity index (χ0) is 19.1. The third-order valence-corrected chi connectivity index (χ3v) is 6.37. The van der Waals surface area contributed by atoms with Gasteiger partial charge in [-0.2, -0.15) is 9.84 Å². The number of rotatable bonds is 3. The summed E-state index contributed by atoms with van der Waals surface area (Å²) in [6.45, 7) is 3.77. The van der Waals surface area contributed by atoms with Crippen LogP contribution < -0.4 is 5.43 Å². The van der Waals surface area contributed by atoms with E-state index in [1.54, 1.807) is 0 Å². The minimum absolute atomic E-state index is 0.542. The maximum absolute atomic E-state index is 13.6. The Balaban J connectivity index is 1.80. The van der Waals surface area contributed by atoms with Gasteiger partial charge in [0.25, 0.3) is 5.66 Å². The Morgan fingerprint density at radius 2 is 1.96 bits per heavy atom. The van der Waals surface area contributed by atoms with Gasteiger partial charge in [-0.3, -0.25) is 5.43 Å². The molecule has 0 saturated heterocycles. The third-order valence-electron chi connectivity index (χ3n) is 5.50. The summed E-state index contributed by atoms with van der Waals surface area (Å²) in [5, 5.41) is 32.6. The molecule has 7 heteroatoms. The van der Waals surface area contributed by atoms with Crippen molar-refractivity contribution in [3.05, 3.63) is 57.9 Å². The van der Waals surface area contributed by atoms with E-state index in [2.05, 4.69) is 10.5 Å². The molecule has 1 aliphatic heterocycles. The van der Waals surface area contributed by atoms with E-state index in [0.717, 1.165) is 28.1 Å². The van der Waals surface area contributed by atoms with Crippen LogP contribution >= 0.6 is 11.3 Å². The van der Waals surface area contributed by atoms with Crippen LogP contribution in [-0.2, 0) is 0 Å². The number of anilines is 1. The highest BCUT2D eigenvalue weighted by atomic mass is 32.1. The van der Waals surface area contributed by atoms with Crippen molar-refractivity contribution in [2.45, 2.75) is 50.7 Å². The number of hydrogen-bond donors (Lipinski definition) is 2. The molecule has 2 heterocycles. The molecule has 1 aliphatic carbocycles. The number of thiophene rings is 1. The van der Waals surface area contributed by atoms with Crippen LogP contribution in [0, 0.1) is 5.21 Å². The molecule has 1 aromatic heterocycles. The van der Waals surface area contributed by atoms with E-state index in [0.29, 0.717) is 24.3 Å². The predicted octanol–water partition coefficient (Wildman–Crippen LogP) is 4.27. The molecule has 4 rings (SSSR count). The minimum atomic E-state index is -1.16. The van der Waals surface area contributed by atoms with Crippen molar-refractivity contribution in [2.24, 2.45) is 5.10 Å². The lowest BCUT2D eigenvalue weighted by Crippen LogP contribution is -2.60. The smallest absolute Gasteiger partial charge is 0.292 e. The normalized spacial score (nSPS) is 26.9. The SMILES string of the molecule is CC1(C)C(c2cccs2)=[N+]([O-])C2(CCCC/C2=N\Nc2ccccc2)N1O. The number of hydrazone groups is 1. The summed E-state index contributed by atoms with van der Waals surface area (Å²) in [4.78, 5) is 0.881. The fourth-order valence-corrected chi connectivity index (χ4v) is 5.05. The van der Waals surface area contributed by atoms with E-state index < -0.39 is 11.2 Å². The predicted molar refractivity (Wildman–Crippen MR) is 108 cm³/mol. The fraction of sp³-hybridized carbons (Fsp3) is 0.400. The van der Waals surface area contributed by atoms with Crippen LogP contribution in [0.4, 0.5) is 5.69 Å². The van der Waals surface area contributed by atoms with Gasteiger partial charge in [0.05, 0.1) is 10.6 Å². The summed E-state index contributed by atoms with van der Waals surface area (Å²) in [6.07, 6.45) is 3.03. The van der Waals surface area contributed by atoms with Gasteiger partial charge in [0.15, 0.2) is 0 Å². The van der Waals surface area contributed by atoms with Crippen molar-refractivity contribution in [1.82, 2.24) is 5.06 Å². The fourth-order valence-electron chi connectivity index (χ4n) is 4.14. The van der Waals surface area contributed by atoms with Gasteiger partial charge in [0.2, 0.25) is 5.71 Å². The Morgan fingerprint density at radius 3 is 2.67 bits per heavy atom. The van der Waals surface area contributed by atoms with Crippen molar-refractivity contribution < 1.29 is 9.95 Å². The first kappa shape index (κ1) is 18.2. The molecule has 2 aliphatic rings. The van der Waals surface area contributed by atoms with Crippen LogP contribution in [0.15, 0.2) is 52.9 Å². The first-order valence-electron chi connectivity index (χ1n) is 9.24. The molecule has 1 saturated carbocycles. The van der Waals surface area contributed by atoms with E-state index in [9.17, 15) is 10.4 Å².